The quantitative estimate of drug-likeness (QED) is 0.401. The molecule has 5 N–H and O–H groups in total. The van der Waals surface area contributed by atoms with Gasteiger partial charge in [-0.15, -0.1) is 0 Å². The summed E-state index contributed by atoms with van der Waals surface area (Å²) >= 11 is 0. The van der Waals surface area contributed by atoms with Gasteiger partial charge in [-0.25, -0.2) is 10.8 Å². The molecule has 0 saturated carbocycles. The number of rotatable bonds is 5. The fraction of sp³-hybridized carbons (Fsp3) is 0.444. The third kappa shape index (κ3) is 3.35. The lowest BCUT2D eigenvalue weighted by Crippen LogP contribution is -2.30. The Morgan fingerprint density at radius 2 is 2.31 bits per heavy atom. The number of hydrogen-bond donors (Lipinski definition) is 4. The van der Waals surface area contributed by atoms with Crippen molar-refractivity contribution in [3.63, 3.8) is 0 Å². The normalized spacial score (nSPS) is 9.69. The highest BCUT2D eigenvalue weighted by Crippen LogP contribution is 2.11. The van der Waals surface area contributed by atoms with Gasteiger partial charge in [0.25, 0.3) is 0 Å². The van der Waals surface area contributed by atoms with Crippen LogP contribution in [-0.2, 0) is 4.79 Å². The average Bonchev–Trinajstić information content (AvgIpc) is 2.28. The highest BCUT2D eigenvalue weighted by molar-refractivity contribution is 5.80. The summed E-state index contributed by atoms with van der Waals surface area (Å²) in [5.41, 5.74) is 3.19. The average molecular weight is 224 g/mol. The van der Waals surface area contributed by atoms with Crippen molar-refractivity contribution in [2.24, 2.45) is 5.84 Å². The lowest BCUT2D eigenvalue weighted by atomic mass is 10.3. The second-order valence-corrected chi connectivity index (χ2v) is 3.18. The summed E-state index contributed by atoms with van der Waals surface area (Å²) in [6.07, 6.45) is 1.63. The van der Waals surface area contributed by atoms with E-state index in [1.54, 1.807) is 6.20 Å². The van der Waals surface area contributed by atoms with E-state index in [0.29, 0.717) is 18.3 Å². The molecule has 7 nitrogen and oxygen atoms in total. The number of carbonyl (C=O) groups excluding carboxylic acids is 1. The monoisotopic (exact) mass is 224 g/mol. The predicted molar refractivity (Wildman–Crippen MR) is 61.8 cm³/mol. The molecule has 0 atom stereocenters. The van der Waals surface area contributed by atoms with Crippen LogP contribution in [0, 0.1) is 6.92 Å². The topological polar surface area (TPSA) is 105 Å². The molecule has 1 rings (SSSR count). The van der Waals surface area contributed by atoms with E-state index >= 15 is 0 Å². The summed E-state index contributed by atoms with van der Waals surface area (Å²) in [5, 5.41) is 5.59. The number of anilines is 2. The Hall–Kier alpha value is -1.89. The number of nitrogens with two attached hydrogens (primary N) is 1. The van der Waals surface area contributed by atoms with E-state index < -0.39 is 0 Å². The maximum Gasteiger partial charge on any atom is 0.239 e. The van der Waals surface area contributed by atoms with Crippen molar-refractivity contribution in [3.05, 3.63) is 11.8 Å². The van der Waals surface area contributed by atoms with Gasteiger partial charge in [0.1, 0.15) is 5.82 Å². The second kappa shape index (κ2) is 5.86. The second-order valence-electron chi connectivity index (χ2n) is 3.18. The molecule has 0 aliphatic rings. The molecule has 1 amide bonds. The Labute approximate surface area is 93.8 Å². The van der Waals surface area contributed by atoms with Crippen molar-refractivity contribution in [2.75, 3.05) is 23.8 Å². The summed E-state index contributed by atoms with van der Waals surface area (Å²) < 4.78 is 0. The summed E-state index contributed by atoms with van der Waals surface area (Å²) in [6, 6.07) is 0. The van der Waals surface area contributed by atoms with E-state index in [1.807, 2.05) is 13.8 Å². The summed E-state index contributed by atoms with van der Waals surface area (Å²) in [6.45, 7) is 4.50. The Kier molecular flexibility index (Phi) is 4.46. The molecule has 0 saturated heterocycles. The van der Waals surface area contributed by atoms with Crippen LogP contribution in [0.15, 0.2) is 6.20 Å². The SMILES string of the molecule is CCNC(=O)CNc1nc(NN)ncc1C. The molecule has 16 heavy (non-hydrogen) atoms. The zero-order chi connectivity index (χ0) is 12.0. The molecular weight excluding hydrogens is 208 g/mol. The van der Waals surface area contributed by atoms with Crippen LogP contribution in [0.4, 0.5) is 11.8 Å². The van der Waals surface area contributed by atoms with Crippen molar-refractivity contribution in [1.82, 2.24) is 15.3 Å². The van der Waals surface area contributed by atoms with Crippen molar-refractivity contribution >= 4 is 17.7 Å². The van der Waals surface area contributed by atoms with Crippen LogP contribution in [0.3, 0.4) is 0 Å². The number of aryl methyl sites for hydroxylation is 1. The minimum Gasteiger partial charge on any atom is -0.361 e. The van der Waals surface area contributed by atoms with Crippen LogP contribution >= 0.6 is 0 Å². The van der Waals surface area contributed by atoms with E-state index in [-0.39, 0.29) is 12.5 Å². The fourth-order valence-corrected chi connectivity index (χ4v) is 1.11. The number of hydrazine groups is 1. The Morgan fingerprint density at radius 3 is 2.94 bits per heavy atom. The number of hydrogen-bond acceptors (Lipinski definition) is 6. The van der Waals surface area contributed by atoms with E-state index in [9.17, 15) is 4.79 Å². The summed E-state index contributed by atoms with van der Waals surface area (Å²) in [4.78, 5) is 19.2. The first-order valence-electron chi connectivity index (χ1n) is 4.98. The first-order chi connectivity index (χ1) is 7.67. The minimum absolute atomic E-state index is 0.0808. The number of amides is 1. The molecule has 0 bridgehead atoms. The zero-order valence-electron chi connectivity index (χ0n) is 9.37. The van der Waals surface area contributed by atoms with E-state index in [1.165, 1.54) is 0 Å². The molecule has 0 unspecified atom stereocenters. The van der Waals surface area contributed by atoms with E-state index in [4.69, 9.17) is 5.84 Å². The Balaban J connectivity index is 2.62. The molecule has 0 aliphatic heterocycles. The largest absolute Gasteiger partial charge is 0.361 e. The number of nitrogens with zero attached hydrogens (tertiary/aromatic N) is 2. The molecular formula is C9H16N6O. The number of carbonyl (C=O) groups is 1. The first-order valence-corrected chi connectivity index (χ1v) is 4.98. The number of likely N-dealkylation sites (N-methyl/N-ethyl adjacent to an activating group) is 1. The molecule has 7 heteroatoms. The number of nitrogen functional groups attached to an aromatic ring is 1. The van der Waals surface area contributed by atoms with Gasteiger partial charge in [-0.2, -0.15) is 4.98 Å². The van der Waals surface area contributed by atoms with Crippen LogP contribution in [0.5, 0.6) is 0 Å². The first kappa shape index (κ1) is 12.2. The summed E-state index contributed by atoms with van der Waals surface area (Å²) in [5.74, 6) is 6.01. The highest BCUT2D eigenvalue weighted by Gasteiger charge is 2.04. The smallest absolute Gasteiger partial charge is 0.239 e. The third-order valence-electron chi connectivity index (χ3n) is 1.89. The minimum atomic E-state index is -0.0808. The lowest BCUT2D eigenvalue weighted by molar-refractivity contribution is -0.119. The third-order valence-corrected chi connectivity index (χ3v) is 1.89. The molecule has 0 radical (unpaired) electrons. The van der Waals surface area contributed by atoms with Gasteiger partial charge in [-0.05, 0) is 13.8 Å². The van der Waals surface area contributed by atoms with Gasteiger partial charge in [0.05, 0.1) is 6.54 Å². The van der Waals surface area contributed by atoms with E-state index in [0.717, 1.165) is 5.56 Å². The molecule has 88 valence electrons. The lowest BCUT2D eigenvalue weighted by Gasteiger charge is -2.09. The van der Waals surface area contributed by atoms with Crippen LogP contribution in [0.1, 0.15) is 12.5 Å². The van der Waals surface area contributed by atoms with Crippen molar-refractivity contribution in [1.29, 1.82) is 0 Å². The molecule has 1 heterocycles. The predicted octanol–water partition coefficient (Wildman–Crippen LogP) is -0.381. The Morgan fingerprint density at radius 1 is 1.56 bits per heavy atom. The van der Waals surface area contributed by atoms with Gasteiger partial charge in [0.2, 0.25) is 11.9 Å². The number of nitrogens with one attached hydrogen (secondary N) is 3. The van der Waals surface area contributed by atoms with Gasteiger partial charge in [0.15, 0.2) is 0 Å². The Bertz CT molecular complexity index is 367. The van der Waals surface area contributed by atoms with Gasteiger partial charge < -0.3 is 10.6 Å². The van der Waals surface area contributed by atoms with E-state index in [2.05, 4.69) is 26.0 Å². The maximum atomic E-state index is 11.2. The molecule has 0 aromatic carbocycles. The number of aromatic nitrogens is 2. The highest BCUT2D eigenvalue weighted by atomic mass is 16.1. The maximum absolute atomic E-state index is 11.2. The zero-order valence-corrected chi connectivity index (χ0v) is 9.37. The standard InChI is InChI=1S/C9H16N6O/c1-3-11-7(16)5-12-8-6(2)4-13-9(14-8)15-10/h4H,3,5,10H2,1-2H3,(H,11,16)(H2,12,13,14,15). The van der Waals surface area contributed by atoms with Crippen LogP contribution in [0.25, 0.3) is 0 Å². The van der Waals surface area contributed by atoms with Crippen LogP contribution < -0.4 is 21.9 Å². The molecule has 1 aromatic heterocycles. The molecule has 0 aliphatic carbocycles. The molecule has 0 fully saturated rings. The van der Waals surface area contributed by atoms with Gasteiger partial charge in [0, 0.05) is 18.3 Å². The van der Waals surface area contributed by atoms with Crippen LogP contribution in [-0.4, -0.2) is 29.0 Å². The molecule has 1 aromatic rings. The van der Waals surface area contributed by atoms with Crippen LogP contribution in [0.2, 0.25) is 0 Å². The van der Waals surface area contributed by atoms with Crippen molar-refractivity contribution < 1.29 is 4.79 Å². The van der Waals surface area contributed by atoms with Gasteiger partial charge in [-0.3, -0.25) is 10.2 Å². The fourth-order valence-electron chi connectivity index (χ4n) is 1.11. The van der Waals surface area contributed by atoms with Crippen molar-refractivity contribution in [2.45, 2.75) is 13.8 Å². The van der Waals surface area contributed by atoms with Gasteiger partial charge >= 0.3 is 0 Å². The van der Waals surface area contributed by atoms with Crippen molar-refractivity contribution in [3.8, 4) is 0 Å². The van der Waals surface area contributed by atoms with Gasteiger partial charge in [-0.1, -0.05) is 0 Å². The molecule has 0 spiro atoms. The summed E-state index contributed by atoms with van der Waals surface area (Å²) in [7, 11) is 0.